The Kier molecular flexibility index (Phi) is 3.93. The molecule has 96 valence electrons. The van der Waals surface area contributed by atoms with Gasteiger partial charge in [0, 0.05) is 16.6 Å². The summed E-state index contributed by atoms with van der Waals surface area (Å²) in [6, 6.07) is 6.32. The highest BCUT2D eigenvalue weighted by atomic mass is 32.1. The van der Waals surface area contributed by atoms with Crippen LogP contribution in [0.3, 0.4) is 0 Å². The topological polar surface area (TPSA) is 49.3 Å². The third-order valence-corrected chi connectivity index (χ3v) is 3.80. The van der Waals surface area contributed by atoms with Crippen LogP contribution in [0.1, 0.15) is 23.0 Å². The van der Waals surface area contributed by atoms with Crippen LogP contribution in [-0.4, -0.2) is 23.7 Å². The summed E-state index contributed by atoms with van der Waals surface area (Å²) in [4.78, 5) is 12.3. The van der Waals surface area contributed by atoms with Gasteiger partial charge in [-0.25, -0.2) is 4.39 Å². The molecule has 0 aliphatic heterocycles. The van der Waals surface area contributed by atoms with Gasteiger partial charge >= 0.3 is 0 Å². The van der Waals surface area contributed by atoms with E-state index in [1.54, 1.807) is 18.2 Å². The molecule has 1 unspecified atom stereocenters. The second-order valence-corrected chi connectivity index (χ2v) is 5.12. The Hall–Kier alpha value is -1.46. The molecular weight excluding hydrogens is 253 g/mol. The SMILES string of the molecule is CCC(O)CNC(=O)c1cc2c(F)cccc2s1. The lowest BCUT2D eigenvalue weighted by Crippen LogP contribution is -2.31. The van der Waals surface area contributed by atoms with Crippen molar-refractivity contribution in [2.45, 2.75) is 19.4 Å². The predicted molar refractivity (Wildman–Crippen MR) is 70.4 cm³/mol. The molecule has 5 heteroatoms. The number of benzene rings is 1. The number of aliphatic hydroxyl groups is 1. The van der Waals surface area contributed by atoms with Crippen molar-refractivity contribution in [3.8, 4) is 0 Å². The predicted octanol–water partition coefficient (Wildman–Crippen LogP) is 2.54. The number of nitrogens with one attached hydrogen (secondary N) is 1. The van der Waals surface area contributed by atoms with Gasteiger partial charge in [-0.15, -0.1) is 11.3 Å². The molecule has 0 spiro atoms. The minimum atomic E-state index is -0.542. The molecule has 1 amide bonds. The Bertz CT molecular complexity index is 567. The van der Waals surface area contributed by atoms with Gasteiger partial charge < -0.3 is 10.4 Å². The molecule has 0 saturated carbocycles. The van der Waals surface area contributed by atoms with Crippen molar-refractivity contribution >= 4 is 27.3 Å². The van der Waals surface area contributed by atoms with E-state index >= 15 is 0 Å². The fourth-order valence-corrected chi connectivity index (χ4v) is 2.57. The molecule has 1 aromatic carbocycles. The molecule has 3 nitrogen and oxygen atoms in total. The highest BCUT2D eigenvalue weighted by molar-refractivity contribution is 7.20. The number of halogens is 1. The minimum absolute atomic E-state index is 0.214. The fraction of sp³-hybridized carbons (Fsp3) is 0.308. The van der Waals surface area contributed by atoms with E-state index in [1.165, 1.54) is 17.4 Å². The third-order valence-electron chi connectivity index (χ3n) is 2.70. The van der Waals surface area contributed by atoms with Crippen LogP contribution >= 0.6 is 11.3 Å². The highest BCUT2D eigenvalue weighted by Crippen LogP contribution is 2.27. The van der Waals surface area contributed by atoms with Crippen molar-refractivity contribution in [3.05, 3.63) is 35.0 Å². The van der Waals surface area contributed by atoms with E-state index in [4.69, 9.17) is 0 Å². The molecule has 2 N–H and O–H groups in total. The molecule has 1 atom stereocenters. The molecule has 2 rings (SSSR count). The van der Waals surface area contributed by atoms with Crippen LogP contribution in [0.5, 0.6) is 0 Å². The Labute approximate surface area is 108 Å². The molecule has 0 aliphatic rings. The molecular formula is C13H14FNO2S. The van der Waals surface area contributed by atoms with E-state index in [0.717, 1.165) is 4.70 Å². The van der Waals surface area contributed by atoms with E-state index in [9.17, 15) is 14.3 Å². The summed E-state index contributed by atoms with van der Waals surface area (Å²) in [5.41, 5.74) is 0. The average molecular weight is 267 g/mol. The number of carbonyl (C=O) groups excluding carboxylic acids is 1. The van der Waals surface area contributed by atoms with Gasteiger partial charge in [-0.2, -0.15) is 0 Å². The van der Waals surface area contributed by atoms with E-state index in [1.807, 2.05) is 6.92 Å². The number of fused-ring (bicyclic) bond motifs is 1. The van der Waals surface area contributed by atoms with Crippen LogP contribution < -0.4 is 5.32 Å². The summed E-state index contributed by atoms with van der Waals surface area (Å²) >= 11 is 1.25. The Balaban J connectivity index is 2.16. The number of amides is 1. The van der Waals surface area contributed by atoms with Crippen LogP contribution in [-0.2, 0) is 0 Å². The monoisotopic (exact) mass is 267 g/mol. The summed E-state index contributed by atoms with van der Waals surface area (Å²) in [5, 5.41) is 12.5. The molecule has 18 heavy (non-hydrogen) atoms. The van der Waals surface area contributed by atoms with Gasteiger partial charge in [-0.1, -0.05) is 13.0 Å². The Morgan fingerprint density at radius 2 is 2.33 bits per heavy atom. The van der Waals surface area contributed by atoms with Gasteiger partial charge in [0.25, 0.3) is 5.91 Å². The largest absolute Gasteiger partial charge is 0.391 e. The highest BCUT2D eigenvalue weighted by Gasteiger charge is 2.13. The molecule has 1 heterocycles. The summed E-state index contributed by atoms with van der Waals surface area (Å²) in [6.45, 7) is 2.05. The first-order valence-corrected chi connectivity index (χ1v) is 6.57. The minimum Gasteiger partial charge on any atom is -0.391 e. The van der Waals surface area contributed by atoms with E-state index in [2.05, 4.69) is 5.32 Å². The number of carbonyl (C=O) groups is 1. The maximum atomic E-state index is 13.5. The van der Waals surface area contributed by atoms with Crippen molar-refractivity contribution in [1.82, 2.24) is 5.32 Å². The van der Waals surface area contributed by atoms with Gasteiger partial charge in [0.1, 0.15) is 5.82 Å². The number of aliphatic hydroxyl groups excluding tert-OH is 1. The summed E-state index contributed by atoms with van der Waals surface area (Å²) in [6.07, 6.45) is 0.0430. The zero-order chi connectivity index (χ0) is 13.1. The number of hydrogen-bond acceptors (Lipinski definition) is 3. The van der Waals surface area contributed by atoms with Crippen molar-refractivity contribution in [1.29, 1.82) is 0 Å². The van der Waals surface area contributed by atoms with Crippen molar-refractivity contribution in [2.24, 2.45) is 0 Å². The van der Waals surface area contributed by atoms with Crippen molar-refractivity contribution in [2.75, 3.05) is 6.54 Å². The molecule has 0 radical (unpaired) electrons. The molecule has 0 bridgehead atoms. The number of hydrogen-bond donors (Lipinski definition) is 2. The van der Waals surface area contributed by atoms with Crippen LogP contribution in [0.2, 0.25) is 0 Å². The third kappa shape index (κ3) is 2.68. The zero-order valence-electron chi connectivity index (χ0n) is 9.94. The van der Waals surface area contributed by atoms with Crippen LogP contribution in [0.25, 0.3) is 10.1 Å². The van der Waals surface area contributed by atoms with Gasteiger partial charge in [0.05, 0.1) is 11.0 Å². The number of rotatable bonds is 4. The quantitative estimate of drug-likeness (QED) is 0.894. The molecule has 0 aliphatic carbocycles. The maximum Gasteiger partial charge on any atom is 0.261 e. The lowest BCUT2D eigenvalue weighted by Gasteiger charge is -2.07. The first-order valence-electron chi connectivity index (χ1n) is 5.76. The molecule has 1 aromatic heterocycles. The summed E-state index contributed by atoms with van der Waals surface area (Å²) in [7, 11) is 0. The lowest BCUT2D eigenvalue weighted by atomic mass is 10.2. The average Bonchev–Trinajstić information content (AvgIpc) is 2.81. The van der Waals surface area contributed by atoms with Crippen LogP contribution in [0, 0.1) is 5.82 Å². The van der Waals surface area contributed by atoms with Crippen molar-refractivity contribution in [3.63, 3.8) is 0 Å². The second-order valence-electron chi connectivity index (χ2n) is 4.03. The summed E-state index contributed by atoms with van der Waals surface area (Å²) in [5.74, 6) is -0.598. The van der Waals surface area contributed by atoms with Gasteiger partial charge in [-0.05, 0) is 24.6 Å². The van der Waals surface area contributed by atoms with Gasteiger partial charge in [0.15, 0.2) is 0 Å². The van der Waals surface area contributed by atoms with Gasteiger partial charge in [0.2, 0.25) is 0 Å². The molecule has 0 saturated heterocycles. The first-order chi connectivity index (χ1) is 8.61. The van der Waals surface area contributed by atoms with E-state index < -0.39 is 6.10 Å². The molecule has 0 fully saturated rings. The second kappa shape index (κ2) is 5.46. The first kappa shape index (κ1) is 13.0. The summed E-state index contributed by atoms with van der Waals surface area (Å²) < 4.78 is 14.2. The standard InChI is InChI=1S/C13H14FNO2S/c1-2-8(16)7-15-13(17)12-6-9-10(14)4-3-5-11(9)18-12/h3-6,8,16H,2,7H2,1H3,(H,15,17). The van der Waals surface area contributed by atoms with Gasteiger partial charge in [-0.3, -0.25) is 4.79 Å². The van der Waals surface area contributed by atoms with Crippen LogP contribution in [0.4, 0.5) is 4.39 Å². The Morgan fingerprint density at radius 1 is 1.56 bits per heavy atom. The maximum absolute atomic E-state index is 13.5. The zero-order valence-corrected chi connectivity index (χ0v) is 10.8. The normalized spacial score (nSPS) is 12.6. The molecule has 2 aromatic rings. The fourth-order valence-electron chi connectivity index (χ4n) is 1.58. The van der Waals surface area contributed by atoms with Crippen LogP contribution in [0.15, 0.2) is 24.3 Å². The van der Waals surface area contributed by atoms with E-state index in [0.29, 0.717) is 16.7 Å². The van der Waals surface area contributed by atoms with E-state index in [-0.39, 0.29) is 18.3 Å². The van der Waals surface area contributed by atoms with Crippen molar-refractivity contribution < 1.29 is 14.3 Å². The number of thiophene rings is 1. The lowest BCUT2D eigenvalue weighted by molar-refractivity contribution is 0.0918. The smallest absolute Gasteiger partial charge is 0.261 e. The Morgan fingerprint density at radius 3 is 3.00 bits per heavy atom.